The Bertz CT molecular complexity index is 312. The summed E-state index contributed by atoms with van der Waals surface area (Å²) in [5, 5.41) is 6.54. The van der Waals surface area contributed by atoms with E-state index in [1.807, 2.05) is 35.9 Å². The normalized spacial score (nSPS) is 11.2. The van der Waals surface area contributed by atoms with Crippen LogP contribution in [-0.4, -0.2) is 5.91 Å². The van der Waals surface area contributed by atoms with Gasteiger partial charge in [0.1, 0.15) is 0 Å². The highest BCUT2D eigenvalue weighted by molar-refractivity contribution is 7.08. The molecule has 0 aliphatic heterocycles. The predicted molar refractivity (Wildman–Crippen MR) is 56.9 cm³/mol. The number of allylic oxidation sites excluding steroid dienone is 3. The number of carbonyl (C=O) groups is 1. The minimum Gasteiger partial charge on any atom is -0.322 e. The van der Waals surface area contributed by atoms with Gasteiger partial charge in [-0.05, 0) is 18.4 Å². The molecule has 13 heavy (non-hydrogen) atoms. The van der Waals surface area contributed by atoms with Gasteiger partial charge in [0.15, 0.2) is 0 Å². The molecule has 3 heteroatoms. The Hall–Kier alpha value is -1.35. The third-order valence-electron chi connectivity index (χ3n) is 1.34. The predicted octanol–water partition coefficient (Wildman–Crippen LogP) is 2.82. The zero-order valence-corrected chi connectivity index (χ0v) is 8.17. The van der Waals surface area contributed by atoms with E-state index in [2.05, 4.69) is 5.32 Å². The fourth-order valence-electron chi connectivity index (χ4n) is 0.774. The maximum atomic E-state index is 11.2. The standard InChI is InChI=1S/C10H11NOS/c1-2-3-4-5-10(12)11-9-6-7-13-8-9/h2-8H,1H3,(H,11,12)/b3-2+,5-4+. The zero-order valence-electron chi connectivity index (χ0n) is 7.36. The topological polar surface area (TPSA) is 29.1 Å². The first-order valence-electron chi connectivity index (χ1n) is 3.95. The maximum Gasteiger partial charge on any atom is 0.248 e. The quantitative estimate of drug-likeness (QED) is 0.580. The molecule has 1 aromatic heterocycles. The highest BCUT2D eigenvalue weighted by Crippen LogP contribution is 2.11. The number of amides is 1. The van der Waals surface area contributed by atoms with Gasteiger partial charge < -0.3 is 5.32 Å². The van der Waals surface area contributed by atoms with E-state index in [1.54, 1.807) is 17.4 Å². The molecule has 0 unspecified atom stereocenters. The summed E-state index contributed by atoms with van der Waals surface area (Å²) in [6.45, 7) is 1.90. The van der Waals surface area contributed by atoms with Crippen LogP contribution >= 0.6 is 11.3 Å². The molecule has 0 fully saturated rings. The monoisotopic (exact) mass is 193 g/mol. The van der Waals surface area contributed by atoms with E-state index in [4.69, 9.17) is 0 Å². The number of hydrogen-bond donors (Lipinski definition) is 1. The van der Waals surface area contributed by atoms with Crippen LogP contribution in [0.3, 0.4) is 0 Å². The summed E-state index contributed by atoms with van der Waals surface area (Å²) in [5.41, 5.74) is 0.847. The van der Waals surface area contributed by atoms with Gasteiger partial charge in [0, 0.05) is 11.5 Å². The third kappa shape index (κ3) is 3.71. The second kappa shape index (κ2) is 5.32. The van der Waals surface area contributed by atoms with Gasteiger partial charge in [-0.15, -0.1) is 0 Å². The molecule has 1 N–H and O–H groups in total. The number of nitrogens with one attached hydrogen (secondary N) is 1. The van der Waals surface area contributed by atoms with Crippen LogP contribution in [0, 0.1) is 0 Å². The molecule has 0 aliphatic carbocycles. The maximum absolute atomic E-state index is 11.2. The van der Waals surface area contributed by atoms with Crippen LogP contribution in [-0.2, 0) is 4.79 Å². The van der Waals surface area contributed by atoms with E-state index >= 15 is 0 Å². The molecule has 2 nitrogen and oxygen atoms in total. The molecule has 0 atom stereocenters. The average molecular weight is 193 g/mol. The molecule has 0 saturated heterocycles. The smallest absolute Gasteiger partial charge is 0.248 e. The summed E-state index contributed by atoms with van der Waals surface area (Å²) < 4.78 is 0. The Morgan fingerprint density at radius 3 is 3.00 bits per heavy atom. The first-order valence-corrected chi connectivity index (χ1v) is 4.90. The number of thiophene rings is 1. The summed E-state index contributed by atoms with van der Waals surface area (Å²) in [5.74, 6) is -0.100. The largest absolute Gasteiger partial charge is 0.322 e. The molecule has 68 valence electrons. The van der Waals surface area contributed by atoms with Crippen molar-refractivity contribution >= 4 is 22.9 Å². The minimum atomic E-state index is -0.100. The van der Waals surface area contributed by atoms with Crippen molar-refractivity contribution in [1.29, 1.82) is 0 Å². The van der Waals surface area contributed by atoms with E-state index in [0.29, 0.717) is 0 Å². The van der Waals surface area contributed by atoms with Crippen molar-refractivity contribution in [2.75, 3.05) is 5.32 Å². The molecule has 0 spiro atoms. The van der Waals surface area contributed by atoms with Crippen molar-refractivity contribution in [1.82, 2.24) is 0 Å². The molecule has 0 radical (unpaired) electrons. The van der Waals surface area contributed by atoms with E-state index in [9.17, 15) is 4.79 Å². The second-order valence-electron chi connectivity index (χ2n) is 2.39. The van der Waals surface area contributed by atoms with Crippen molar-refractivity contribution in [2.45, 2.75) is 6.92 Å². The molecule has 1 heterocycles. The van der Waals surface area contributed by atoms with Crippen molar-refractivity contribution in [3.8, 4) is 0 Å². The Labute approximate surface area is 81.6 Å². The number of hydrogen-bond acceptors (Lipinski definition) is 2. The van der Waals surface area contributed by atoms with Gasteiger partial charge in [0.25, 0.3) is 0 Å². The zero-order chi connectivity index (χ0) is 9.52. The van der Waals surface area contributed by atoms with Gasteiger partial charge in [-0.1, -0.05) is 18.2 Å². The molecule has 1 amide bonds. The van der Waals surface area contributed by atoms with Crippen molar-refractivity contribution in [2.24, 2.45) is 0 Å². The van der Waals surface area contributed by atoms with Gasteiger partial charge >= 0.3 is 0 Å². The van der Waals surface area contributed by atoms with Gasteiger partial charge in [0.05, 0.1) is 5.69 Å². The number of anilines is 1. The highest BCUT2D eigenvalue weighted by Gasteiger charge is 1.95. The molecular formula is C10H11NOS. The lowest BCUT2D eigenvalue weighted by Crippen LogP contribution is -2.06. The van der Waals surface area contributed by atoms with Crippen LogP contribution in [0.2, 0.25) is 0 Å². The summed E-state index contributed by atoms with van der Waals surface area (Å²) in [6.07, 6.45) is 6.89. The number of carbonyl (C=O) groups excluding carboxylic acids is 1. The van der Waals surface area contributed by atoms with Crippen LogP contribution in [0.5, 0.6) is 0 Å². The van der Waals surface area contributed by atoms with Crippen LogP contribution in [0.25, 0.3) is 0 Å². The fourth-order valence-corrected chi connectivity index (χ4v) is 1.36. The van der Waals surface area contributed by atoms with E-state index in [0.717, 1.165) is 5.69 Å². The molecule has 1 aromatic rings. The summed E-state index contributed by atoms with van der Waals surface area (Å²) in [7, 11) is 0. The second-order valence-corrected chi connectivity index (χ2v) is 3.17. The summed E-state index contributed by atoms with van der Waals surface area (Å²) in [4.78, 5) is 11.2. The Kier molecular flexibility index (Phi) is 3.99. The molecule has 1 rings (SSSR count). The van der Waals surface area contributed by atoms with Gasteiger partial charge in [0.2, 0.25) is 5.91 Å². The lowest BCUT2D eigenvalue weighted by Gasteiger charge is -1.95. The third-order valence-corrected chi connectivity index (χ3v) is 2.02. The van der Waals surface area contributed by atoms with Crippen LogP contribution in [0.15, 0.2) is 41.1 Å². The van der Waals surface area contributed by atoms with Crippen molar-refractivity contribution in [3.05, 3.63) is 41.1 Å². The Balaban J connectivity index is 2.42. The van der Waals surface area contributed by atoms with Gasteiger partial charge in [-0.25, -0.2) is 0 Å². The summed E-state index contributed by atoms with van der Waals surface area (Å²) in [6, 6.07) is 1.87. The summed E-state index contributed by atoms with van der Waals surface area (Å²) >= 11 is 1.56. The van der Waals surface area contributed by atoms with E-state index in [1.165, 1.54) is 6.08 Å². The fraction of sp³-hybridized carbons (Fsp3) is 0.100. The van der Waals surface area contributed by atoms with Crippen molar-refractivity contribution < 1.29 is 4.79 Å². The molecule has 0 aromatic carbocycles. The highest BCUT2D eigenvalue weighted by atomic mass is 32.1. The molecular weight excluding hydrogens is 182 g/mol. The first kappa shape index (κ1) is 9.74. The van der Waals surface area contributed by atoms with Crippen molar-refractivity contribution in [3.63, 3.8) is 0 Å². The lowest BCUT2D eigenvalue weighted by atomic mass is 10.4. The minimum absolute atomic E-state index is 0.100. The SMILES string of the molecule is C/C=C/C=C/C(=O)Nc1ccsc1. The molecule has 0 bridgehead atoms. The van der Waals surface area contributed by atoms with Gasteiger partial charge in [-0.3, -0.25) is 4.79 Å². The Morgan fingerprint density at radius 1 is 1.54 bits per heavy atom. The number of rotatable bonds is 3. The van der Waals surface area contributed by atoms with Gasteiger partial charge in [-0.2, -0.15) is 11.3 Å². The van der Waals surface area contributed by atoms with Crippen LogP contribution in [0.4, 0.5) is 5.69 Å². The van der Waals surface area contributed by atoms with Crippen LogP contribution in [0.1, 0.15) is 6.92 Å². The molecule has 0 saturated carbocycles. The average Bonchev–Trinajstić information content (AvgIpc) is 2.57. The van der Waals surface area contributed by atoms with Crippen LogP contribution < -0.4 is 5.32 Å². The Morgan fingerprint density at radius 2 is 2.38 bits per heavy atom. The molecule has 0 aliphatic rings. The van der Waals surface area contributed by atoms with E-state index < -0.39 is 0 Å². The van der Waals surface area contributed by atoms with E-state index in [-0.39, 0.29) is 5.91 Å². The lowest BCUT2D eigenvalue weighted by molar-refractivity contribution is -0.111. The first-order chi connectivity index (χ1) is 6.33.